The zero-order chi connectivity index (χ0) is 18.2. The molecule has 0 fully saturated rings. The number of aryl methyl sites for hydroxylation is 2. The van der Waals surface area contributed by atoms with E-state index in [1.165, 1.54) is 0 Å². The van der Waals surface area contributed by atoms with Crippen LogP contribution in [0.15, 0.2) is 36.4 Å². The van der Waals surface area contributed by atoms with E-state index in [1.807, 2.05) is 50.2 Å². The normalized spacial score (nSPS) is 10.2. The lowest BCUT2D eigenvalue weighted by atomic mass is 10.1. The molecule has 5 heteroatoms. The highest BCUT2D eigenvalue weighted by atomic mass is 16.5. The van der Waals surface area contributed by atoms with Gasteiger partial charge in [0, 0.05) is 12.1 Å². The molecule has 0 unspecified atom stereocenters. The van der Waals surface area contributed by atoms with Crippen LogP contribution < -0.4 is 19.5 Å². The monoisotopic (exact) mass is 343 g/mol. The van der Waals surface area contributed by atoms with Gasteiger partial charge in [-0.25, -0.2) is 0 Å². The van der Waals surface area contributed by atoms with Gasteiger partial charge in [-0.15, -0.1) is 0 Å². The maximum Gasteiger partial charge on any atom is 0.223 e. The number of carbonyl (C=O) groups is 1. The molecule has 0 bridgehead atoms. The highest BCUT2D eigenvalue weighted by Crippen LogP contribution is 2.30. The molecule has 134 valence electrons. The van der Waals surface area contributed by atoms with E-state index >= 15 is 0 Å². The van der Waals surface area contributed by atoms with Crippen molar-refractivity contribution >= 4 is 5.91 Å². The first-order chi connectivity index (χ1) is 12.0. The van der Waals surface area contributed by atoms with Crippen molar-refractivity contribution in [2.24, 2.45) is 0 Å². The maximum atomic E-state index is 12.0. The van der Waals surface area contributed by atoms with Crippen LogP contribution in [0, 0.1) is 13.8 Å². The van der Waals surface area contributed by atoms with E-state index in [1.54, 1.807) is 14.2 Å². The number of carbonyl (C=O) groups excluding carboxylic acids is 1. The quantitative estimate of drug-likeness (QED) is 0.798. The van der Waals surface area contributed by atoms with E-state index in [2.05, 4.69) is 5.32 Å². The number of para-hydroxylation sites is 1. The Labute approximate surface area is 148 Å². The summed E-state index contributed by atoms with van der Waals surface area (Å²) in [6.45, 7) is 4.72. The number of benzene rings is 2. The minimum absolute atomic E-state index is 0.0739. The van der Waals surface area contributed by atoms with Crippen LogP contribution in [-0.4, -0.2) is 26.7 Å². The molecule has 0 atom stereocenters. The largest absolute Gasteiger partial charge is 0.493 e. The predicted molar refractivity (Wildman–Crippen MR) is 97.4 cm³/mol. The summed E-state index contributed by atoms with van der Waals surface area (Å²) < 4.78 is 16.3. The molecule has 0 radical (unpaired) electrons. The van der Waals surface area contributed by atoms with Crippen molar-refractivity contribution in [1.82, 2.24) is 5.32 Å². The molecular weight excluding hydrogens is 318 g/mol. The standard InChI is InChI=1S/C20H25NO4/c1-14-8-9-15(2)18(12-14)25-11-10-19(22)21-13-16-6-5-7-17(23-3)20(16)24-4/h5-9,12H,10-11,13H2,1-4H3,(H,21,22). The van der Waals surface area contributed by atoms with Crippen LogP contribution in [-0.2, 0) is 11.3 Å². The van der Waals surface area contributed by atoms with Crippen molar-refractivity contribution in [1.29, 1.82) is 0 Å². The second-order valence-electron chi connectivity index (χ2n) is 5.80. The molecule has 0 spiro atoms. The molecule has 1 amide bonds. The molecule has 0 aliphatic heterocycles. The molecule has 0 aliphatic carbocycles. The van der Waals surface area contributed by atoms with Crippen molar-refractivity contribution in [2.45, 2.75) is 26.8 Å². The van der Waals surface area contributed by atoms with Crippen molar-refractivity contribution in [3.05, 3.63) is 53.1 Å². The molecule has 0 saturated heterocycles. The Morgan fingerprint density at radius 1 is 1.04 bits per heavy atom. The van der Waals surface area contributed by atoms with Gasteiger partial charge >= 0.3 is 0 Å². The van der Waals surface area contributed by atoms with E-state index in [0.717, 1.165) is 22.4 Å². The number of amides is 1. The number of rotatable bonds is 8. The van der Waals surface area contributed by atoms with Gasteiger partial charge in [-0.05, 0) is 37.1 Å². The van der Waals surface area contributed by atoms with Gasteiger partial charge in [-0.3, -0.25) is 4.79 Å². The summed E-state index contributed by atoms with van der Waals surface area (Å²) >= 11 is 0. The van der Waals surface area contributed by atoms with E-state index < -0.39 is 0 Å². The molecule has 0 aliphatic rings. The summed E-state index contributed by atoms with van der Waals surface area (Å²) in [5.74, 6) is 2.03. The average molecular weight is 343 g/mol. The van der Waals surface area contributed by atoms with E-state index in [9.17, 15) is 4.79 Å². The fourth-order valence-corrected chi connectivity index (χ4v) is 2.49. The number of methoxy groups -OCH3 is 2. The second-order valence-corrected chi connectivity index (χ2v) is 5.80. The predicted octanol–water partition coefficient (Wildman–Crippen LogP) is 3.41. The summed E-state index contributed by atoms with van der Waals surface area (Å²) in [6, 6.07) is 11.6. The minimum Gasteiger partial charge on any atom is -0.493 e. The summed E-state index contributed by atoms with van der Waals surface area (Å²) in [7, 11) is 3.17. The van der Waals surface area contributed by atoms with E-state index in [0.29, 0.717) is 31.1 Å². The van der Waals surface area contributed by atoms with Gasteiger partial charge in [0.05, 0.1) is 27.2 Å². The van der Waals surface area contributed by atoms with Gasteiger partial charge in [-0.2, -0.15) is 0 Å². The molecule has 0 heterocycles. The van der Waals surface area contributed by atoms with Gasteiger partial charge in [-0.1, -0.05) is 24.3 Å². The van der Waals surface area contributed by atoms with Crippen molar-refractivity contribution in [3.63, 3.8) is 0 Å². The molecule has 1 N–H and O–H groups in total. The van der Waals surface area contributed by atoms with Crippen LogP contribution in [0.5, 0.6) is 17.2 Å². The molecular formula is C20H25NO4. The van der Waals surface area contributed by atoms with Crippen molar-refractivity contribution in [2.75, 3.05) is 20.8 Å². The Kier molecular flexibility index (Phi) is 6.69. The van der Waals surface area contributed by atoms with Gasteiger partial charge < -0.3 is 19.5 Å². The number of hydrogen-bond donors (Lipinski definition) is 1. The van der Waals surface area contributed by atoms with Crippen LogP contribution in [0.2, 0.25) is 0 Å². The van der Waals surface area contributed by atoms with Crippen LogP contribution in [0.4, 0.5) is 0 Å². The summed E-state index contributed by atoms with van der Waals surface area (Å²) in [5.41, 5.74) is 3.06. The number of nitrogens with one attached hydrogen (secondary N) is 1. The highest BCUT2D eigenvalue weighted by Gasteiger charge is 2.10. The van der Waals surface area contributed by atoms with Crippen LogP contribution in [0.25, 0.3) is 0 Å². The van der Waals surface area contributed by atoms with Crippen LogP contribution in [0.1, 0.15) is 23.1 Å². The molecule has 5 nitrogen and oxygen atoms in total. The van der Waals surface area contributed by atoms with Crippen LogP contribution in [0.3, 0.4) is 0 Å². The summed E-state index contributed by atoms with van der Waals surface area (Å²) in [4.78, 5) is 12.0. The maximum absolute atomic E-state index is 12.0. The van der Waals surface area contributed by atoms with Gasteiger partial charge in [0.2, 0.25) is 5.91 Å². The third-order valence-corrected chi connectivity index (χ3v) is 3.89. The smallest absolute Gasteiger partial charge is 0.223 e. The van der Waals surface area contributed by atoms with Gasteiger partial charge in [0.15, 0.2) is 11.5 Å². The molecule has 25 heavy (non-hydrogen) atoms. The zero-order valence-corrected chi connectivity index (χ0v) is 15.2. The topological polar surface area (TPSA) is 56.8 Å². The lowest BCUT2D eigenvalue weighted by Gasteiger charge is -2.13. The summed E-state index contributed by atoms with van der Waals surface area (Å²) in [5, 5.41) is 2.88. The Bertz CT molecular complexity index is 728. The lowest BCUT2D eigenvalue weighted by molar-refractivity contribution is -0.121. The zero-order valence-electron chi connectivity index (χ0n) is 15.2. The lowest BCUT2D eigenvalue weighted by Crippen LogP contribution is -2.24. The number of ether oxygens (including phenoxy) is 3. The van der Waals surface area contributed by atoms with Crippen molar-refractivity contribution < 1.29 is 19.0 Å². The Morgan fingerprint density at radius 2 is 1.84 bits per heavy atom. The fraction of sp³-hybridized carbons (Fsp3) is 0.350. The number of hydrogen-bond acceptors (Lipinski definition) is 4. The third kappa shape index (κ3) is 5.14. The van der Waals surface area contributed by atoms with Crippen molar-refractivity contribution in [3.8, 4) is 17.2 Å². The Balaban J connectivity index is 1.84. The fourth-order valence-electron chi connectivity index (χ4n) is 2.49. The molecule has 0 saturated carbocycles. The first kappa shape index (κ1) is 18.6. The molecule has 0 aromatic heterocycles. The SMILES string of the molecule is COc1cccc(CNC(=O)CCOc2cc(C)ccc2C)c1OC. The van der Waals surface area contributed by atoms with Gasteiger partial charge in [0.25, 0.3) is 0 Å². The first-order valence-electron chi connectivity index (χ1n) is 8.21. The first-order valence-corrected chi connectivity index (χ1v) is 8.21. The minimum atomic E-state index is -0.0739. The molecule has 2 aromatic carbocycles. The molecule has 2 aromatic rings. The second kappa shape index (κ2) is 8.97. The highest BCUT2D eigenvalue weighted by molar-refractivity contribution is 5.76. The molecule has 2 rings (SSSR count). The Hall–Kier alpha value is -2.69. The third-order valence-electron chi connectivity index (χ3n) is 3.89. The van der Waals surface area contributed by atoms with E-state index in [-0.39, 0.29) is 5.91 Å². The Morgan fingerprint density at radius 3 is 2.56 bits per heavy atom. The van der Waals surface area contributed by atoms with Crippen LogP contribution >= 0.6 is 0 Å². The average Bonchev–Trinajstić information content (AvgIpc) is 2.62. The summed E-state index contributed by atoms with van der Waals surface area (Å²) in [6.07, 6.45) is 0.291. The van der Waals surface area contributed by atoms with Gasteiger partial charge in [0.1, 0.15) is 5.75 Å². The van der Waals surface area contributed by atoms with E-state index in [4.69, 9.17) is 14.2 Å².